The Morgan fingerprint density at radius 2 is 1.84 bits per heavy atom. The van der Waals surface area contributed by atoms with Crippen LogP contribution in [0.3, 0.4) is 0 Å². The second-order valence-corrected chi connectivity index (χ2v) is 5.80. The van der Waals surface area contributed by atoms with Crippen LogP contribution in [0.5, 0.6) is 0 Å². The zero-order valence-electron chi connectivity index (χ0n) is 12.1. The van der Waals surface area contributed by atoms with Crippen LogP contribution in [0, 0.1) is 0 Å². The lowest BCUT2D eigenvalue weighted by Gasteiger charge is -2.08. The first-order chi connectivity index (χ1) is 9.22. The molecule has 0 bridgehead atoms. The van der Waals surface area contributed by atoms with E-state index in [1.807, 2.05) is 11.8 Å². The molecule has 0 fully saturated rings. The summed E-state index contributed by atoms with van der Waals surface area (Å²) in [5, 5.41) is 3.41. The predicted octanol–water partition coefficient (Wildman–Crippen LogP) is 2.94. The van der Waals surface area contributed by atoms with Crippen molar-refractivity contribution in [3.05, 3.63) is 29.8 Å². The maximum atomic E-state index is 5.43. The predicted molar refractivity (Wildman–Crippen MR) is 81.8 cm³/mol. The van der Waals surface area contributed by atoms with Gasteiger partial charge in [0.25, 0.3) is 0 Å². The van der Waals surface area contributed by atoms with Crippen molar-refractivity contribution >= 4 is 11.8 Å². The SMILES string of the molecule is COCCOCCSc1ccc(CNC(C)C)cc1. The molecular weight excluding hydrogens is 258 g/mol. The van der Waals surface area contributed by atoms with Gasteiger partial charge in [0.15, 0.2) is 0 Å². The van der Waals surface area contributed by atoms with Gasteiger partial charge in [-0.3, -0.25) is 0 Å². The molecule has 0 atom stereocenters. The zero-order chi connectivity index (χ0) is 13.9. The van der Waals surface area contributed by atoms with Gasteiger partial charge >= 0.3 is 0 Å². The number of hydrogen-bond acceptors (Lipinski definition) is 4. The minimum absolute atomic E-state index is 0.526. The summed E-state index contributed by atoms with van der Waals surface area (Å²) in [6.07, 6.45) is 0. The van der Waals surface area contributed by atoms with E-state index in [0.717, 1.165) is 18.9 Å². The van der Waals surface area contributed by atoms with Crippen LogP contribution in [0.2, 0.25) is 0 Å². The molecule has 0 saturated heterocycles. The highest BCUT2D eigenvalue weighted by molar-refractivity contribution is 7.99. The summed E-state index contributed by atoms with van der Waals surface area (Å²) in [7, 11) is 1.69. The van der Waals surface area contributed by atoms with Crippen LogP contribution in [0.15, 0.2) is 29.2 Å². The maximum Gasteiger partial charge on any atom is 0.0700 e. The highest BCUT2D eigenvalue weighted by Gasteiger charge is 1.97. The van der Waals surface area contributed by atoms with Gasteiger partial charge in [0.2, 0.25) is 0 Å². The van der Waals surface area contributed by atoms with Crippen molar-refractivity contribution < 1.29 is 9.47 Å². The van der Waals surface area contributed by atoms with Crippen molar-refractivity contribution in [2.45, 2.75) is 31.3 Å². The fraction of sp³-hybridized carbons (Fsp3) is 0.600. The van der Waals surface area contributed by atoms with Gasteiger partial charge in [-0.15, -0.1) is 11.8 Å². The van der Waals surface area contributed by atoms with Gasteiger partial charge in [0.05, 0.1) is 19.8 Å². The van der Waals surface area contributed by atoms with E-state index < -0.39 is 0 Å². The van der Waals surface area contributed by atoms with Crippen LogP contribution in [-0.2, 0) is 16.0 Å². The molecule has 1 N–H and O–H groups in total. The molecule has 0 heterocycles. The van der Waals surface area contributed by atoms with E-state index in [1.54, 1.807) is 7.11 Å². The molecule has 108 valence electrons. The lowest BCUT2D eigenvalue weighted by Crippen LogP contribution is -2.21. The van der Waals surface area contributed by atoms with E-state index in [2.05, 4.69) is 43.4 Å². The first-order valence-electron chi connectivity index (χ1n) is 6.74. The second kappa shape index (κ2) is 10.3. The summed E-state index contributed by atoms with van der Waals surface area (Å²) in [4.78, 5) is 1.30. The summed E-state index contributed by atoms with van der Waals surface area (Å²) in [6.45, 7) is 7.37. The first kappa shape index (κ1) is 16.5. The van der Waals surface area contributed by atoms with Gasteiger partial charge in [0.1, 0.15) is 0 Å². The third-order valence-corrected chi connectivity index (χ3v) is 3.54. The van der Waals surface area contributed by atoms with Crippen molar-refractivity contribution in [2.75, 3.05) is 32.7 Å². The van der Waals surface area contributed by atoms with Crippen LogP contribution in [0.25, 0.3) is 0 Å². The summed E-state index contributed by atoms with van der Waals surface area (Å²) < 4.78 is 10.4. The van der Waals surface area contributed by atoms with Crippen molar-refractivity contribution in [1.82, 2.24) is 5.32 Å². The lowest BCUT2D eigenvalue weighted by atomic mass is 10.2. The molecule has 0 radical (unpaired) electrons. The van der Waals surface area contributed by atoms with Crippen LogP contribution in [-0.4, -0.2) is 38.7 Å². The highest BCUT2D eigenvalue weighted by Crippen LogP contribution is 2.18. The molecule has 0 spiro atoms. The molecule has 0 aliphatic rings. The van der Waals surface area contributed by atoms with Crippen LogP contribution in [0.1, 0.15) is 19.4 Å². The Hall–Kier alpha value is -0.550. The molecule has 19 heavy (non-hydrogen) atoms. The van der Waals surface area contributed by atoms with Crippen molar-refractivity contribution in [3.8, 4) is 0 Å². The molecule has 4 heteroatoms. The van der Waals surface area contributed by atoms with E-state index in [4.69, 9.17) is 9.47 Å². The standard InChI is InChI=1S/C15H25NO2S/c1-13(2)16-12-14-4-6-15(7-5-14)19-11-10-18-9-8-17-3/h4-7,13,16H,8-12H2,1-3H3. The van der Waals surface area contributed by atoms with Crippen molar-refractivity contribution in [3.63, 3.8) is 0 Å². The smallest absolute Gasteiger partial charge is 0.0700 e. The third-order valence-electron chi connectivity index (χ3n) is 2.57. The molecule has 0 aliphatic heterocycles. The molecule has 0 amide bonds. The highest BCUT2D eigenvalue weighted by atomic mass is 32.2. The fourth-order valence-corrected chi connectivity index (χ4v) is 2.25. The van der Waals surface area contributed by atoms with E-state index in [9.17, 15) is 0 Å². The number of thioether (sulfide) groups is 1. The van der Waals surface area contributed by atoms with Gasteiger partial charge in [-0.25, -0.2) is 0 Å². The molecule has 3 nitrogen and oxygen atoms in total. The fourth-order valence-electron chi connectivity index (χ4n) is 1.49. The average molecular weight is 283 g/mol. The number of nitrogens with one attached hydrogen (secondary N) is 1. The molecule has 1 aromatic carbocycles. The van der Waals surface area contributed by atoms with E-state index >= 15 is 0 Å². The van der Waals surface area contributed by atoms with Gasteiger partial charge < -0.3 is 14.8 Å². The normalized spacial score (nSPS) is 11.2. The van der Waals surface area contributed by atoms with Gasteiger partial charge in [-0.1, -0.05) is 26.0 Å². The van der Waals surface area contributed by atoms with Crippen molar-refractivity contribution in [2.24, 2.45) is 0 Å². The summed E-state index contributed by atoms with van der Waals surface area (Å²) in [5.74, 6) is 0.979. The zero-order valence-corrected chi connectivity index (χ0v) is 13.0. The monoisotopic (exact) mass is 283 g/mol. The molecule has 0 aromatic heterocycles. The largest absolute Gasteiger partial charge is 0.382 e. The third kappa shape index (κ3) is 8.26. The Morgan fingerprint density at radius 1 is 1.11 bits per heavy atom. The van der Waals surface area contributed by atoms with Crippen LogP contribution in [0.4, 0.5) is 0 Å². The minimum atomic E-state index is 0.526. The summed E-state index contributed by atoms with van der Waals surface area (Å²) >= 11 is 1.83. The van der Waals surface area contributed by atoms with Crippen LogP contribution < -0.4 is 5.32 Å². The van der Waals surface area contributed by atoms with Crippen molar-refractivity contribution in [1.29, 1.82) is 0 Å². The molecule has 1 aromatic rings. The maximum absolute atomic E-state index is 5.43. The number of methoxy groups -OCH3 is 1. The molecule has 1 rings (SSSR count). The van der Waals surface area contributed by atoms with E-state index in [0.29, 0.717) is 19.3 Å². The summed E-state index contributed by atoms with van der Waals surface area (Å²) in [5.41, 5.74) is 1.33. The Balaban J connectivity index is 2.17. The first-order valence-corrected chi connectivity index (χ1v) is 7.72. The van der Waals surface area contributed by atoms with Gasteiger partial charge in [-0.2, -0.15) is 0 Å². The quantitative estimate of drug-likeness (QED) is 0.528. The Labute approximate surface area is 121 Å². The molecular formula is C15H25NO2S. The lowest BCUT2D eigenvalue weighted by molar-refractivity contribution is 0.0790. The summed E-state index contributed by atoms with van der Waals surface area (Å²) in [6, 6.07) is 9.25. The van der Waals surface area contributed by atoms with Gasteiger partial charge in [-0.05, 0) is 17.7 Å². The van der Waals surface area contributed by atoms with E-state index in [1.165, 1.54) is 10.5 Å². The molecule has 0 unspecified atom stereocenters. The minimum Gasteiger partial charge on any atom is -0.382 e. The Kier molecular flexibility index (Phi) is 8.91. The average Bonchev–Trinajstić information content (AvgIpc) is 2.41. The van der Waals surface area contributed by atoms with E-state index in [-0.39, 0.29) is 0 Å². The number of benzene rings is 1. The molecule has 0 aliphatic carbocycles. The topological polar surface area (TPSA) is 30.5 Å². The number of ether oxygens (including phenoxy) is 2. The number of rotatable bonds is 10. The Morgan fingerprint density at radius 3 is 2.47 bits per heavy atom. The number of hydrogen-bond donors (Lipinski definition) is 1. The Bertz CT molecular complexity index is 327. The van der Waals surface area contributed by atoms with Crippen LogP contribution >= 0.6 is 11.8 Å². The molecule has 0 saturated carbocycles. The van der Waals surface area contributed by atoms with Gasteiger partial charge in [0, 0.05) is 30.3 Å². The second-order valence-electron chi connectivity index (χ2n) is 4.63.